The summed E-state index contributed by atoms with van der Waals surface area (Å²) in [5, 5.41) is 1.97. The number of benzene rings is 1. The van der Waals surface area contributed by atoms with Gasteiger partial charge in [-0.1, -0.05) is 6.07 Å². The molecule has 1 aromatic carbocycles. The van der Waals surface area contributed by atoms with Gasteiger partial charge in [0.1, 0.15) is 0 Å². The number of rotatable bonds is 5. The lowest BCUT2D eigenvalue weighted by molar-refractivity contribution is 0.601. The quantitative estimate of drug-likeness (QED) is 0.721. The van der Waals surface area contributed by atoms with E-state index in [1.165, 1.54) is 24.5 Å². The maximum Gasteiger partial charge on any atom is 0.264 e. The number of aliphatic imine (C=N–C) groups is 1. The lowest BCUT2D eigenvalue weighted by atomic mass is 10.3. The van der Waals surface area contributed by atoms with Gasteiger partial charge >= 0.3 is 0 Å². The zero-order valence-corrected chi connectivity index (χ0v) is 13.5. The summed E-state index contributed by atoms with van der Waals surface area (Å²) in [5.74, 6) is 0.0345. The topological polar surface area (TPSA) is 84.3 Å². The fourth-order valence-electron chi connectivity index (χ4n) is 1.75. The maximum atomic E-state index is 12.2. The maximum absolute atomic E-state index is 12.2. The first-order chi connectivity index (χ1) is 11.1. The SMILES string of the molecule is O=S(=O)(Nc1ncccn1)c1ccc(N=Cc2cccs2)cc1. The summed E-state index contributed by atoms with van der Waals surface area (Å²) in [6.45, 7) is 0. The summed E-state index contributed by atoms with van der Waals surface area (Å²) >= 11 is 1.58. The molecule has 0 saturated heterocycles. The molecule has 3 aromatic rings. The van der Waals surface area contributed by atoms with Crippen molar-refractivity contribution in [2.24, 2.45) is 4.99 Å². The second kappa shape index (κ2) is 6.67. The van der Waals surface area contributed by atoms with Crippen LogP contribution in [0.25, 0.3) is 0 Å². The van der Waals surface area contributed by atoms with E-state index < -0.39 is 10.0 Å². The predicted molar refractivity (Wildman–Crippen MR) is 90.9 cm³/mol. The van der Waals surface area contributed by atoms with Gasteiger partial charge in [0.05, 0.1) is 10.6 Å². The van der Waals surface area contributed by atoms with Crippen LogP contribution in [0.4, 0.5) is 11.6 Å². The van der Waals surface area contributed by atoms with Crippen LogP contribution in [-0.2, 0) is 10.0 Å². The van der Waals surface area contributed by atoms with Gasteiger partial charge in [-0.3, -0.25) is 4.99 Å². The Morgan fingerprint density at radius 2 is 1.78 bits per heavy atom. The molecule has 2 heterocycles. The highest BCUT2D eigenvalue weighted by molar-refractivity contribution is 7.92. The first kappa shape index (κ1) is 15.3. The van der Waals surface area contributed by atoms with E-state index in [0.29, 0.717) is 5.69 Å². The second-order valence-corrected chi connectivity index (χ2v) is 7.11. The molecule has 23 heavy (non-hydrogen) atoms. The monoisotopic (exact) mass is 344 g/mol. The number of anilines is 1. The van der Waals surface area contributed by atoms with E-state index in [-0.39, 0.29) is 10.8 Å². The van der Waals surface area contributed by atoms with Crippen molar-refractivity contribution in [3.8, 4) is 0 Å². The van der Waals surface area contributed by atoms with E-state index in [9.17, 15) is 8.42 Å². The minimum Gasteiger partial charge on any atom is -0.255 e. The van der Waals surface area contributed by atoms with Crippen molar-refractivity contribution in [2.75, 3.05) is 4.72 Å². The Morgan fingerprint density at radius 1 is 1.04 bits per heavy atom. The van der Waals surface area contributed by atoms with E-state index in [2.05, 4.69) is 19.7 Å². The smallest absolute Gasteiger partial charge is 0.255 e. The summed E-state index contributed by atoms with van der Waals surface area (Å²) in [6.07, 6.45) is 4.67. The Kier molecular flexibility index (Phi) is 4.45. The largest absolute Gasteiger partial charge is 0.264 e. The Bertz CT molecular complexity index is 890. The summed E-state index contributed by atoms with van der Waals surface area (Å²) in [6, 6.07) is 11.8. The van der Waals surface area contributed by atoms with Crippen LogP contribution in [0.15, 0.2) is 70.1 Å². The molecule has 0 bridgehead atoms. The van der Waals surface area contributed by atoms with E-state index in [4.69, 9.17) is 0 Å². The van der Waals surface area contributed by atoms with E-state index in [1.807, 2.05) is 17.5 Å². The molecule has 1 N–H and O–H groups in total. The number of hydrogen-bond donors (Lipinski definition) is 1. The van der Waals surface area contributed by atoms with Crippen LogP contribution in [0.5, 0.6) is 0 Å². The first-order valence-electron chi connectivity index (χ1n) is 6.61. The van der Waals surface area contributed by atoms with Crippen LogP contribution in [0, 0.1) is 0 Å². The highest BCUT2D eigenvalue weighted by Gasteiger charge is 2.15. The Morgan fingerprint density at radius 3 is 2.43 bits per heavy atom. The Balaban J connectivity index is 1.76. The summed E-state index contributed by atoms with van der Waals surface area (Å²) in [4.78, 5) is 13.1. The second-order valence-electron chi connectivity index (χ2n) is 4.45. The molecule has 0 radical (unpaired) electrons. The minimum absolute atomic E-state index is 0.0345. The molecule has 0 amide bonds. The third-order valence-corrected chi connectivity index (χ3v) is 4.97. The fraction of sp³-hybridized carbons (Fsp3) is 0. The van der Waals surface area contributed by atoms with Crippen molar-refractivity contribution in [3.63, 3.8) is 0 Å². The molecule has 6 nitrogen and oxygen atoms in total. The molecule has 0 aliphatic rings. The van der Waals surface area contributed by atoms with Crippen molar-refractivity contribution < 1.29 is 8.42 Å². The van der Waals surface area contributed by atoms with Crippen LogP contribution in [0.1, 0.15) is 4.88 Å². The average Bonchev–Trinajstić information content (AvgIpc) is 3.07. The molecule has 0 aliphatic carbocycles. The summed E-state index contributed by atoms with van der Waals surface area (Å²) in [5.41, 5.74) is 0.674. The highest BCUT2D eigenvalue weighted by atomic mass is 32.2. The summed E-state index contributed by atoms with van der Waals surface area (Å²) < 4.78 is 26.8. The highest BCUT2D eigenvalue weighted by Crippen LogP contribution is 2.18. The van der Waals surface area contributed by atoms with Crippen molar-refractivity contribution in [1.29, 1.82) is 0 Å². The molecule has 0 unspecified atom stereocenters. The van der Waals surface area contributed by atoms with Crippen molar-refractivity contribution in [3.05, 3.63) is 65.1 Å². The number of thiophene rings is 1. The molecular formula is C15H12N4O2S2. The van der Waals surface area contributed by atoms with Crippen molar-refractivity contribution in [1.82, 2.24) is 9.97 Å². The number of aromatic nitrogens is 2. The zero-order chi connectivity index (χ0) is 16.1. The van der Waals surface area contributed by atoms with Crippen LogP contribution in [-0.4, -0.2) is 24.6 Å². The number of nitrogens with zero attached hydrogens (tertiary/aromatic N) is 3. The van der Waals surface area contributed by atoms with Gasteiger partial charge in [-0.05, 0) is 41.8 Å². The third kappa shape index (κ3) is 3.99. The number of hydrogen-bond acceptors (Lipinski definition) is 6. The van der Waals surface area contributed by atoms with Gasteiger partial charge in [0, 0.05) is 23.5 Å². The van der Waals surface area contributed by atoms with Crippen LogP contribution >= 0.6 is 11.3 Å². The fourth-order valence-corrected chi connectivity index (χ4v) is 3.29. The third-order valence-electron chi connectivity index (χ3n) is 2.82. The lowest BCUT2D eigenvalue weighted by Gasteiger charge is -2.06. The van der Waals surface area contributed by atoms with E-state index in [0.717, 1.165) is 4.88 Å². The van der Waals surface area contributed by atoms with Gasteiger partial charge in [-0.15, -0.1) is 11.3 Å². The van der Waals surface area contributed by atoms with Crippen molar-refractivity contribution >= 4 is 39.2 Å². The lowest BCUT2D eigenvalue weighted by Crippen LogP contribution is -2.14. The predicted octanol–water partition coefficient (Wildman–Crippen LogP) is 3.09. The molecule has 0 atom stereocenters. The molecular weight excluding hydrogens is 332 g/mol. The summed E-state index contributed by atoms with van der Waals surface area (Å²) in [7, 11) is -3.71. The molecule has 116 valence electrons. The Labute approximate surface area is 137 Å². The number of nitrogens with one attached hydrogen (secondary N) is 1. The average molecular weight is 344 g/mol. The van der Waals surface area contributed by atoms with Crippen LogP contribution in [0.2, 0.25) is 0 Å². The minimum atomic E-state index is -3.71. The van der Waals surface area contributed by atoms with Gasteiger partial charge in [-0.25, -0.2) is 23.1 Å². The van der Waals surface area contributed by atoms with Crippen LogP contribution < -0.4 is 4.72 Å². The molecule has 0 fully saturated rings. The number of sulfonamides is 1. The van der Waals surface area contributed by atoms with Gasteiger partial charge < -0.3 is 0 Å². The van der Waals surface area contributed by atoms with Gasteiger partial charge in [0.25, 0.3) is 10.0 Å². The molecule has 2 aromatic heterocycles. The molecule has 0 aliphatic heterocycles. The molecule has 3 rings (SSSR count). The normalized spacial score (nSPS) is 11.7. The molecule has 0 saturated carbocycles. The van der Waals surface area contributed by atoms with Crippen LogP contribution in [0.3, 0.4) is 0 Å². The molecule has 0 spiro atoms. The Hall–Kier alpha value is -2.58. The van der Waals surface area contributed by atoms with E-state index in [1.54, 1.807) is 35.8 Å². The van der Waals surface area contributed by atoms with Gasteiger partial charge in [0.15, 0.2) is 0 Å². The van der Waals surface area contributed by atoms with Crippen molar-refractivity contribution in [2.45, 2.75) is 4.90 Å². The molecule has 8 heteroatoms. The first-order valence-corrected chi connectivity index (χ1v) is 8.97. The van der Waals surface area contributed by atoms with Gasteiger partial charge in [0.2, 0.25) is 5.95 Å². The standard InChI is InChI=1S/C15H12N4O2S2/c20-23(21,19-15-16-8-2-9-17-15)14-6-4-12(5-7-14)18-11-13-3-1-10-22-13/h1-11H,(H,16,17,19). The zero-order valence-electron chi connectivity index (χ0n) is 11.8. The van der Waals surface area contributed by atoms with Gasteiger partial charge in [-0.2, -0.15) is 0 Å². The van der Waals surface area contributed by atoms with E-state index >= 15 is 0 Å².